The Hall–Kier alpha value is -7.71. The van der Waals surface area contributed by atoms with Crippen LogP contribution in [0.25, 0.3) is 28.3 Å². The number of amides is 1. The maximum Gasteiger partial charge on any atom is 0.236 e. The van der Waals surface area contributed by atoms with E-state index in [0.717, 1.165) is 28.0 Å². The lowest BCUT2D eigenvalue weighted by molar-refractivity contribution is -0.130. The molecule has 274 valence electrons. The van der Waals surface area contributed by atoms with Gasteiger partial charge in [0.25, 0.3) is 0 Å². The summed E-state index contributed by atoms with van der Waals surface area (Å²) in [6.45, 7) is 7.32. The van der Waals surface area contributed by atoms with Crippen molar-refractivity contribution >= 4 is 17.5 Å². The van der Waals surface area contributed by atoms with Crippen molar-refractivity contribution in [3.63, 3.8) is 0 Å². The molecule has 5 rings (SSSR count). The van der Waals surface area contributed by atoms with Crippen LogP contribution < -0.4 is 5.32 Å². The van der Waals surface area contributed by atoms with Gasteiger partial charge in [0.15, 0.2) is 0 Å². The zero-order valence-corrected chi connectivity index (χ0v) is 31.8. The fraction of sp³-hybridized carbons (Fsp3) is 0.191. The monoisotopic (exact) mass is 735 g/mol. The first-order valence-corrected chi connectivity index (χ1v) is 17.5. The van der Waals surface area contributed by atoms with Gasteiger partial charge in [-0.05, 0) is 152 Å². The summed E-state index contributed by atoms with van der Waals surface area (Å²) in [4.78, 5) is 30.3. The Morgan fingerprint density at radius 2 is 1.52 bits per heavy atom. The Bertz CT molecular complexity index is 2590. The molecule has 0 radical (unpaired) electrons. The van der Waals surface area contributed by atoms with E-state index >= 15 is 0 Å². The third-order valence-electron chi connectivity index (χ3n) is 7.93. The lowest BCUT2D eigenvalue weighted by Crippen LogP contribution is -2.36. The van der Waals surface area contributed by atoms with Crippen LogP contribution in [0.15, 0.2) is 85.2 Å². The second kappa shape index (κ2) is 21.7. The zero-order valence-electron chi connectivity index (χ0n) is 31.8. The molecule has 0 aliphatic carbocycles. The topological polar surface area (TPSA) is 78.7 Å². The van der Waals surface area contributed by atoms with E-state index in [1.54, 1.807) is 30.2 Å². The van der Waals surface area contributed by atoms with Crippen LogP contribution in [0.3, 0.4) is 0 Å². The minimum atomic E-state index is -0.309. The van der Waals surface area contributed by atoms with Crippen LogP contribution in [0.1, 0.15) is 37.9 Å². The first kappa shape index (κ1) is 41.1. The summed E-state index contributed by atoms with van der Waals surface area (Å²) in [6.07, 6.45) is 8.57. The number of nitrogens with zero attached hydrogens (tertiary/aromatic N) is 6. The van der Waals surface area contributed by atoms with Crippen molar-refractivity contribution in [2.75, 3.05) is 32.5 Å². The summed E-state index contributed by atoms with van der Waals surface area (Å²) in [5.41, 5.74) is 5.82. The Labute approximate surface area is 329 Å². The zero-order chi connectivity index (χ0) is 40.1. The highest BCUT2D eigenvalue weighted by Gasteiger charge is 2.19. The van der Waals surface area contributed by atoms with E-state index in [0.29, 0.717) is 37.0 Å². The average molecular weight is 736 g/mol. The van der Waals surface area contributed by atoms with E-state index in [9.17, 15) is 9.18 Å². The Balaban J connectivity index is 0.000000394. The van der Waals surface area contributed by atoms with Crippen LogP contribution in [-0.2, 0) is 11.3 Å². The number of likely N-dealkylation sites (N-methyl/N-ethyl adjacent to an activating group) is 2. The van der Waals surface area contributed by atoms with E-state index in [1.165, 1.54) is 12.1 Å². The number of imidazole rings is 1. The molecular formula is C47H38FN7O. The first-order valence-electron chi connectivity index (χ1n) is 17.5. The van der Waals surface area contributed by atoms with Gasteiger partial charge in [0.1, 0.15) is 11.5 Å². The fourth-order valence-electron chi connectivity index (χ4n) is 5.09. The second-order valence-corrected chi connectivity index (χ2v) is 12.0. The number of rotatable bonds is 10. The molecule has 0 fully saturated rings. The number of nitrogens with one attached hydrogen (secondary N) is 1. The van der Waals surface area contributed by atoms with Gasteiger partial charge in [-0.3, -0.25) is 14.1 Å². The molecule has 0 saturated heterocycles. The van der Waals surface area contributed by atoms with Crippen molar-refractivity contribution in [1.82, 2.24) is 29.2 Å². The fourth-order valence-corrected chi connectivity index (χ4v) is 5.09. The molecule has 0 spiro atoms. The number of carbonyl (C=O) groups is 1. The Morgan fingerprint density at radius 1 is 0.875 bits per heavy atom. The van der Waals surface area contributed by atoms with Crippen molar-refractivity contribution < 1.29 is 9.18 Å². The number of anilines is 1. The minimum Gasteiger partial charge on any atom is -0.348 e. The van der Waals surface area contributed by atoms with Crippen molar-refractivity contribution in [3.05, 3.63) is 102 Å². The maximum absolute atomic E-state index is 13.8. The van der Waals surface area contributed by atoms with Gasteiger partial charge >= 0.3 is 0 Å². The lowest BCUT2D eigenvalue weighted by atomic mass is 10.1. The van der Waals surface area contributed by atoms with Crippen molar-refractivity contribution in [1.29, 1.82) is 0 Å². The molecule has 0 aliphatic rings. The summed E-state index contributed by atoms with van der Waals surface area (Å²) >= 11 is 0. The summed E-state index contributed by atoms with van der Waals surface area (Å²) in [6, 6.07) is 22.3. The van der Waals surface area contributed by atoms with Crippen LogP contribution in [0.4, 0.5) is 10.3 Å². The van der Waals surface area contributed by atoms with Gasteiger partial charge < -0.3 is 10.2 Å². The summed E-state index contributed by atoms with van der Waals surface area (Å²) < 4.78 is 15.8. The smallest absolute Gasteiger partial charge is 0.236 e. The number of carbonyl (C=O) groups excluding carboxylic acids is 1. The van der Waals surface area contributed by atoms with Crippen LogP contribution in [0.5, 0.6) is 0 Å². The summed E-state index contributed by atoms with van der Waals surface area (Å²) in [5, 5.41) is 3.40. The predicted molar refractivity (Wildman–Crippen MR) is 221 cm³/mol. The first-order chi connectivity index (χ1) is 27.2. The number of hydrogen-bond acceptors (Lipinski definition) is 6. The second-order valence-electron chi connectivity index (χ2n) is 12.0. The normalized spacial score (nSPS) is 9.82. The molecule has 5 aromatic rings. The molecule has 3 aromatic heterocycles. The van der Waals surface area contributed by atoms with Gasteiger partial charge in [0.2, 0.25) is 11.9 Å². The number of fused-ring (bicyclic) bond motifs is 1. The highest BCUT2D eigenvalue weighted by atomic mass is 19.1. The van der Waals surface area contributed by atoms with E-state index < -0.39 is 0 Å². The minimum absolute atomic E-state index is 0.00810. The number of hydrogen-bond donors (Lipinski definition) is 1. The molecule has 8 nitrogen and oxygen atoms in total. The predicted octanol–water partition coefficient (Wildman–Crippen LogP) is 6.34. The van der Waals surface area contributed by atoms with Crippen molar-refractivity contribution in [2.24, 2.45) is 0 Å². The third-order valence-corrected chi connectivity index (χ3v) is 7.93. The van der Waals surface area contributed by atoms with Gasteiger partial charge in [-0.2, -0.15) is 0 Å². The molecule has 3 heterocycles. The van der Waals surface area contributed by atoms with Crippen LogP contribution >= 0.6 is 0 Å². The van der Waals surface area contributed by atoms with Crippen LogP contribution in [0, 0.1) is 89.2 Å². The molecular weight excluding hydrogens is 698 g/mol. The standard InChI is InChI=1S/C32H34FN7O.C15H4/c1-5-39(4)29(41)21-38(3)20-23-16-18-40-28(19-23)37-30(25-11-13-26(33)14-12-25)31(40)27-15-17-34-32(36-27)35-22(2)24-9-7-6-8-10-24;1-3-5-7-9-11-13-15-14-12-10-8-6-4-2/h6-19,22H,5,20-21H2,1-4H3,(H,34,35,36);1H,2H3/t22-;/m0./s1. The van der Waals surface area contributed by atoms with E-state index in [-0.39, 0.29) is 17.8 Å². The number of aromatic nitrogens is 4. The van der Waals surface area contributed by atoms with E-state index in [1.807, 2.05) is 72.9 Å². The molecule has 0 bridgehead atoms. The summed E-state index contributed by atoms with van der Waals surface area (Å²) in [5.74, 6) is 32.2. The number of halogens is 1. The van der Waals surface area contributed by atoms with E-state index in [4.69, 9.17) is 16.4 Å². The molecule has 2 aromatic carbocycles. The third kappa shape index (κ3) is 12.5. The van der Waals surface area contributed by atoms with Gasteiger partial charge in [-0.1, -0.05) is 36.3 Å². The summed E-state index contributed by atoms with van der Waals surface area (Å²) in [7, 11) is 3.74. The van der Waals surface area contributed by atoms with Crippen LogP contribution in [0.2, 0.25) is 0 Å². The quantitative estimate of drug-likeness (QED) is 0.169. The molecule has 0 unspecified atom stereocenters. The van der Waals surface area contributed by atoms with Crippen molar-refractivity contribution in [2.45, 2.75) is 33.4 Å². The number of terminal acetylenes is 1. The largest absolute Gasteiger partial charge is 0.348 e. The number of benzene rings is 2. The molecule has 1 atom stereocenters. The van der Waals surface area contributed by atoms with Gasteiger partial charge in [-0.15, -0.1) is 6.42 Å². The van der Waals surface area contributed by atoms with Gasteiger partial charge in [-0.25, -0.2) is 19.3 Å². The molecule has 1 N–H and O–H groups in total. The molecule has 56 heavy (non-hydrogen) atoms. The van der Waals surface area contributed by atoms with E-state index in [2.05, 4.69) is 106 Å². The highest BCUT2D eigenvalue weighted by molar-refractivity contribution is 5.81. The Morgan fingerprint density at radius 3 is 2.14 bits per heavy atom. The van der Waals surface area contributed by atoms with Crippen LogP contribution in [-0.4, -0.2) is 62.2 Å². The highest BCUT2D eigenvalue weighted by Crippen LogP contribution is 2.33. The maximum atomic E-state index is 13.8. The Kier molecular flexibility index (Phi) is 15.9. The lowest BCUT2D eigenvalue weighted by Gasteiger charge is -2.20. The van der Waals surface area contributed by atoms with Crippen molar-refractivity contribution in [3.8, 4) is 106 Å². The molecule has 0 saturated carbocycles. The molecule has 9 heteroatoms. The SMILES string of the molecule is C#CC#CC#CC#CC#CC#CC#CC.CCN(C)C(=O)CN(C)Cc1ccn2c(-c3ccnc(N[C@@H](C)c4ccccc4)n3)c(-c3ccc(F)cc3)nc2c1. The molecule has 0 aliphatic heterocycles. The average Bonchev–Trinajstić information content (AvgIpc) is 3.59. The van der Waals surface area contributed by atoms with Gasteiger partial charge in [0.05, 0.1) is 29.7 Å². The molecule has 1 amide bonds. The number of pyridine rings is 1. The van der Waals surface area contributed by atoms with Gasteiger partial charge in [0, 0.05) is 38.1 Å².